The van der Waals surface area contributed by atoms with Crippen molar-refractivity contribution < 1.29 is 0 Å². The minimum absolute atomic E-state index is 0.385. The minimum Gasteiger partial charge on any atom is -0.313 e. The Balaban J connectivity index is 2.18. The van der Waals surface area contributed by atoms with Gasteiger partial charge in [-0.2, -0.15) is 5.10 Å². The van der Waals surface area contributed by atoms with Crippen molar-refractivity contribution in [2.75, 3.05) is 6.54 Å². The number of nitrogens with zero attached hydrogens (tertiary/aromatic N) is 3. The van der Waals surface area contributed by atoms with Crippen molar-refractivity contribution in [3.8, 4) is 0 Å². The first-order chi connectivity index (χ1) is 9.63. The summed E-state index contributed by atoms with van der Waals surface area (Å²) in [6.07, 6.45) is 9.44. The molecular formula is C16H30N4. The Morgan fingerprint density at radius 1 is 1.30 bits per heavy atom. The molecule has 0 aromatic carbocycles. The van der Waals surface area contributed by atoms with Gasteiger partial charge in [-0.05, 0) is 45.1 Å². The van der Waals surface area contributed by atoms with Gasteiger partial charge < -0.3 is 5.32 Å². The molecule has 1 aromatic heterocycles. The molecule has 1 aliphatic carbocycles. The molecule has 4 nitrogen and oxygen atoms in total. The largest absolute Gasteiger partial charge is 0.313 e. The molecule has 0 spiro atoms. The molecule has 1 saturated carbocycles. The summed E-state index contributed by atoms with van der Waals surface area (Å²) in [5, 5.41) is 8.12. The van der Waals surface area contributed by atoms with Crippen LogP contribution in [0.1, 0.15) is 71.7 Å². The van der Waals surface area contributed by atoms with Crippen molar-refractivity contribution in [3.05, 3.63) is 12.2 Å². The van der Waals surface area contributed by atoms with Crippen LogP contribution in [0, 0.1) is 5.41 Å². The van der Waals surface area contributed by atoms with Crippen molar-refractivity contribution in [2.24, 2.45) is 5.41 Å². The molecule has 0 bridgehead atoms. The molecule has 1 fully saturated rings. The minimum atomic E-state index is 0.385. The van der Waals surface area contributed by atoms with Gasteiger partial charge in [-0.25, -0.2) is 9.67 Å². The molecule has 1 atom stereocenters. The molecule has 1 N–H and O–H groups in total. The third-order valence-electron chi connectivity index (χ3n) is 5.02. The van der Waals surface area contributed by atoms with Crippen molar-refractivity contribution in [3.63, 3.8) is 0 Å². The Morgan fingerprint density at radius 3 is 2.55 bits per heavy atom. The first-order valence-electron chi connectivity index (χ1n) is 8.24. The second kappa shape index (κ2) is 6.70. The Hall–Kier alpha value is -0.900. The fraction of sp³-hybridized carbons (Fsp3) is 0.875. The van der Waals surface area contributed by atoms with E-state index in [0.717, 1.165) is 18.8 Å². The lowest BCUT2D eigenvalue weighted by atomic mass is 9.74. The summed E-state index contributed by atoms with van der Waals surface area (Å²) in [5.41, 5.74) is 0.462. The number of aromatic nitrogens is 3. The zero-order chi connectivity index (χ0) is 14.6. The van der Waals surface area contributed by atoms with Gasteiger partial charge in [0.15, 0.2) is 0 Å². The Morgan fingerprint density at radius 2 is 2.00 bits per heavy atom. The van der Waals surface area contributed by atoms with E-state index < -0.39 is 0 Å². The molecule has 20 heavy (non-hydrogen) atoms. The average Bonchev–Trinajstić information content (AvgIpc) is 3.07. The Labute approximate surface area is 123 Å². The van der Waals surface area contributed by atoms with Crippen molar-refractivity contribution >= 4 is 0 Å². The Bertz CT molecular complexity index is 404. The van der Waals surface area contributed by atoms with E-state index in [9.17, 15) is 0 Å². The van der Waals surface area contributed by atoms with E-state index in [1.807, 2.05) is 0 Å². The molecule has 0 aliphatic heterocycles. The molecule has 4 heteroatoms. The van der Waals surface area contributed by atoms with Gasteiger partial charge in [-0.1, -0.05) is 26.7 Å². The number of likely N-dealkylation sites (N-methyl/N-ethyl adjacent to an activating group) is 1. The zero-order valence-electron chi connectivity index (χ0n) is 13.5. The summed E-state index contributed by atoms with van der Waals surface area (Å²) in [5.74, 6) is 1.13. The highest BCUT2D eigenvalue weighted by molar-refractivity contribution is 5.00. The van der Waals surface area contributed by atoms with Crippen molar-refractivity contribution in [1.29, 1.82) is 0 Å². The van der Waals surface area contributed by atoms with E-state index in [-0.39, 0.29) is 0 Å². The lowest BCUT2D eigenvalue weighted by Crippen LogP contribution is -2.45. The lowest BCUT2D eigenvalue weighted by molar-refractivity contribution is 0.182. The van der Waals surface area contributed by atoms with E-state index in [1.165, 1.54) is 32.1 Å². The second-order valence-electron chi connectivity index (χ2n) is 6.45. The monoisotopic (exact) mass is 278 g/mol. The second-order valence-corrected chi connectivity index (χ2v) is 6.45. The molecule has 1 aromatic rings. The van der Waals surface area contributed by atoms with Crippen LogP contribution < -0.4 is 5.32 Å². The predicted octanol–water partition coefficient (Wildman–Crippen LogP) is 3.35. The van der Waals surface area contributed by atoms with Gasteiger partial charge in [0.1, 0.15) is 12.2 Å². The van der Waals surface area contributed by atoms with E-state index >= 15 is 0 Å². The van der Waals surface area contributed by atoms with Crippen LogP contribution in [-0.2, 0) is 6.42 Å². The van der Waals surface area contributed by atoms with Gasteiger partial charge in [0.25, 0.3) is 0 Å². The van der Waals surface area contributed by atoms with E-state index in [4.69, 9.17) is 0 Å². The summed E-state index contributed by atoms with van der Waals surface area (Å²) in [6.45, 7) is 9.93. The SMILES string of the molecule is CCNC(Cc1ncnn1C(C)C)C1(CC)CCCC1. The van der Waals surface area contributed by atoms with Crippen LogP contribution in [0.2, 0.25) is 0 Å². The smallest absolute Gasteiger partial charge is 0.138 e. The third kappa shape index (κ3) is 3.05. The van der Waals surface area contributed by atoms with Crippen LogP contribution in [0.15, 0.2) is 6.33 Å². The third-order valence-corrected chi connectivity index (χ3v) is 5.02. The van der Waals surface area contributed by atoms with Crippen molar-refractivity contribution in [1.82, 2.24) is 20.1 Å². The number of rotatable bonds is 7. The maximum atomic E-state index is 4.51. The van der Waals surface area contributed by atoms with Gasteiger partial charge in [-0.3, -0.25) is 0 Å². The van der Waals surface area contributed by atoms with Crippen LogP contribution in [0.3, 0.4) is 0 Å². The first-order valence-corrected chi connectivity index (χ1v) is 8.24. The number of hydrogen-bond donors (Lipinski definition) is 1. The van der Waals surface area contributed by atoms with Gasteiger partial charge in [-0.15, -0.1) is 0 Å². The fourth-order valence-electron chi connectivity index (χ4n) is 3.81. The van der Waals surface area contributed by atoms with Gasteiger partial charge in [0.2, 0.25) is 0 Å². The van der Waals surface area contributed by atoms with Crippen LogP contribution in [-0.4, -0.2) is 27.4 Å². The summed E-state index contributed by atoms with van der Waals surface area (Å²) < 4.78 is 2.07. The number of hydrogen-bond acceptors (Lipinski definition) is 3. The van der Waals surface area contributed by atoms with Crippen molar-refractivity contribution in [2.45, 2.75) is 78.3 Å². The fourth-order valence-corrected chi connectivity index (χ4v) is 3.81. The predicted molar refractivity (Wildman–Crippen MR) is 82.8 cm³/mol. The normalized spacial score (nSPS) is 19.6. The molecule has 1 unspecified atom stereocenters. The quantitative estimate of drug-likeness (QED) is 0.831. The molecule has 0 radical (unpaired) electrons. The standard InChI is InChI=1S/C16H30N4/c1-5-16(9-7-8-10-16)14(17-6-2)11-15-18-12-19-20(15)13(3)4/h12-14,17H,5-11H2,1-4H3. The zero-order valence-corrected chi connectivity index (χ0v) is 13.5. The Kier molecular flexibility index (Phi) is 5.19. The molecule has 1 heterocycles. The number of nitrogens with one attached hydrogen (secondary N) is 1. The van der Waals surface area contributed by atoms with Crippen LogP contribution in [0.25, 0.3) is 0 Å². The van der Waals surface area contributed by atoms with E-state index in [0.29, 0.717) is 17.5 Å². The summed E-state index contributed by atoms with van der Waals surface area (Å²) >= 11 is 0. The highest BCUT2D eigenvalue weighted by Crippen LogP contribution is 2.44. The van der Waals surface area contributed by atoms with Gasteiger partial charge in [0.05, 0.1) is 0 Å². The topological polar surface area (TPSA) is 42.7 Å². The molecule has 2 rings (SSSR count). The lowest BCUT2D eigenvalue weighted by Gasteiger charge is -2.37. The molecule has 114 valence electrons. The van der Waals surface area contributed by atoms with Gasteiger partial charge in [0, 0.05) is 18.5 Å². The highest BCUT2D eigenvalue weighted by atomic mass is 15.3. The highest BCUT2D eigenvalue weighted by Gasteiger charge is 2.39. The summed E-state index contributed by atoms with van der Waals surface area (Å²) in [7, 11) is 0. The maximum Gasteiger partial charge on any atom is 0.138 e. The van der Waals surface area contributed by atoms with E-state index in [2.05, 4.69) is 47.8 Å². The molecule has 0 amide bonds. The van der Waals surface area contributed by atoms with Crippen LogP contribution >= 0.6 is 0 Å². The summed E-state index contributed by atoms with van der Waals surface area (Å²) in [4.78, 5) is 4.51. The first kappa shape index (κ1) is 15.5. The molecule has 0 saturated heterocycles. The van der Waals surface area contributed by atoms with Gasteiger partial charge >= 0.3 is 0 Å². The van der Waals surface area contributed by atoms with E-state index in [1.54, 1.807) is 6.33 Å². The van der Waals surface area contributed by atoms with Crippen LogP contribution in [0.5, 0.6) is 0 Å². The summed E-state index contributed by atoms with van der Waals surface area (Å²) in [6, 6.07) is 0.914. The molecule has 1 aliphatic rings. The average molecular weight is 278 g/mol. The van der Waals surface area contributed by atoms with Crippen LogP contribution in [0.4, 0.5) is 0 Å². The molecular weight excluding hydrogens is 248 g/mol. The maximum absolute atomic E-state index is 4.51.